The number of anilines is 1. The van der Waals surface area contributed by atoms with Crippen molar-refractivity contribution >= 4 is 17.8 Å². The number of nitrogens with two attached hydrogens (primary N) is 1. The average Bonchev–Trinajstić information content (AvgIpc) is 2.63. The van der Waals surface area contributed by atoms with Gasteiger partial charge in [0, 0.05) is 50.0 Å². The van der Waals surface area contributed by atoms with Gasteiger partial charge in [0.1, 0.15) is 11.4 Å². The number of piperidine rings is 1. The molecule has 2 rings (SSSR count). The van der Waals surface area contributed by atoms with Gasteiger partial charge in [-0.05, 0) is 45.7 Å². The Morgan fingerprint density at radius 3 is 2.52 bits per heavy atom. The number of rotatable bonds is 6. The Hall–Kier alpha value is -2.55. The second-order valence-corrected chi connectivity index (χ2v) is 8.15. The van der Waals surface area contributed by atoms with E-state index in [-0.39, 0.29) is 18.6 Å². The third-order valence-corrected chi connectivity index (χ3v) is 4.52. The van der Waals surface area contributed by atoms with Gasteiger partial charge >= 0.3 is 12.1 Å². The van der Waals surface area contributed by atoms with Crippen LogP contribution in [0.2, 0.25) is 0 Å². The van der Waals surface area contributed by atoms with E-state index in [2.05, 4.69) is 16.0 Å². The first kappa shape index (κ1) is 22.7. The smallest absolute Gasteiger partial charge is 0.407 e. The number of benzene rings is 1. The van der Waals surface area contributed by atoms with Crippen molar-refractivity contribution in [1.82, 2.24) is 20.9 Å². The molecule has 5 N–H and O–H groups in total. The number of likely N-dealkylation sites (tertiary alicyclic amines) is 1. The number of halogens is 1. The predicted octanol–water partition coefficient (Wildman–Crippen LogP) is 2.20. The number of urea groups is 1. The maximum absolute atomic E-state index is 13.8. The van der Waals surface area contributed by atoms with Crippen LogP contribution >= 0.6 is 0 Å². The van der Waals surface area contributed by atoms with Gasteiger partial charge in [0.05, 0.1) is 0 Å². The van der Waals surface area contributed by atoms with Gasteiger partial charge in [0.25, 0.3) is 0 Å². The van der Waals surface area contributed by atoms with Crippen molar-refractivity contribution in [2.75, 3.05) is 31.9 Å². The molecule has 0 bridgehead atoms. The van der Waals surface area contributed by atoms with Gasteiger partial charge in [0.2, 0.25) is 0 Å². The maximum atomic E-state index is 13.8. The minimum absolute atomic E-state index is 0.124. The molecule has 3 amide bonds. The van der Waals surface area contributed by atoms with Crippen molar-refractivity contribution in [3.8, 4) is 0 Å². The number of ether oxygens (including phenoxy) is 1. The Kier molecular flexibility index (Phi) is 8.07. The number of hydrogen-bond acceptors (Lipinski definition) is 5. The van der Waals surface area contributed by atoms with Crippen LogP contribution in [-0.4, -0.2) is 54.8 Å². The molecule has 162 valence electrons. The molecule has 0 unspecified atom stereocenters. The second kappa shape index (κ2) is 10.3. The summed E-state index contributed by atoms with van der Waals surface area (Å²) in [4.78, 5) is 25.6. The maximum Gasteiger partial charge on any atom is 0.407 e. The van der Waals surface area contributed by atoms with Gasteiger partial charge in [-0.15, -0.1) is 0 Å². The van der Waals surface area contributed by atoms with Crippen molar-refractivity contribution in [2.45, 2.75) is 51.8 Å². The van der Waals surface area contributed by atoms with Crippen LogP contribution in [0.15, 0.2) is 18.2 Å². The van der Waals surface area contributed by atoms with Gasteiger partial charge in [0.15, 0.2) is 0 Å². The van der Waals surface area contributed by atoms with Gasteiger partial charge in [-0.2, -0.15) is 0 Å². The zero-order valence-electron chi connectivity index (χ0n) is 17.4. The number of hydrogen-bond donors (Lipinski definition) is 4. The van der Waals surface area contributed by atoms with Crippen molar-refractivity contribution < 1.29 is 18.7 Å². The lowest BCUT2D eigenvalue weighted by Gasteiger charge is -2.32. The molecule has 0 aromatic heterocycles. The molecule has 1 aliphatic rings. The van der Waals surface area contributed by atoms with Crippen LogP contribution in [0.25, 0.3) is 0 Å². The molecule has 8 nitrogen and oxygen atoms in total. The Morgan fingerprint density at radius 2 is 1.90 bits per heavy atom. The largest absolute Gasteiger partial charge is 0.444 e. The van der Waals surface area contributed by atoms with Crippen molar-refractivity contribution in [2.24, 2.45) is 0 Å². The number of carbonyl (C=O) groups is 2. The first-order chi connectivity index (χ1) is 13.6. The topological polar surface area (TPSA) is 109 Å². The predicted molar refractivity (Wildman–Crippen MR) is 110 cm³/mol. The Morgan fingerprint density at radius 1 is 1.21 bits per heavy atom. The molecule has 0 atom stereocenters. The lowest BCUT2D eigenvalue weighted by atomic mass is 10.1. The number of carbonyl (C=O) groups excluding carboxylic acids is 2. The molecular formula is C20H32FN5O3. The molecule has 1 aliphatic heterocycles. The SMILES string of the molecule is CC(C)(C)OC(=O)NCCNC1CCN(C(=O)NCc2ccc(N)cc2F)CC1. The molecule has 0 saturated carbocycles. The molecule has 1 fully saturated rings. The van der Waals surface area contributed by atoms with Crippen LogP contribution in [0.3, 0.4) is 0 Å². The number of amides is 3. The van der Waals surface area contributed by atoms with E-state index >= 15 is 0 Å². The first-order valence-corrected chi connectivity index (χ1v) is 9.91. The highest BCUT2D eigenvalue weighted by atomic mass is 19.1. The third-order valence-electron chi connectivity index (χ3n) is 4.52. The molecule has 0 radical (unpaired) electrons. The number of nitrogen functional groups attached to an aromatic ring is 1. The van der Waals surface area contributed by atoms with E-state index in [0.717, 1.165) is 12.8 Å². The molecule has 1 aromatic carbocycles. The van der Waals surface area contributed by atoms with Crippen molar-refractivity contribution in [1.29, 1.82) is 0 Å². The molecule has 0 aliphatic carbocycles. The van der Waals surface area contributed by atoms with E-state index in [4.69, 9.17) is 10.5 Å². The van der Waals surface area contributed by atoms with Gasteiger partial charge in [-0.25, -0.2) is 14.0 Å². The lowest BCUT2D eigenvalue weighted by molar-refractivity contribution is 0.0527. The minimum Gasteiger partial charge on any atom is -0.444 e. The van der Waals surface area contributed by atoms with Crippen LogP contribution in [-0.2, 0) is 11.3 Å². The average molecular weight is 410 g/mol. The van der Waals surface area contributed by atoms with Gasteiger partial charge in [-0.3, -0.25) is 0 Å². The number of nitrogens with zero attached hydrogens (tertiary/aromatic N) is 1. The van der Waals surface area contributed by atoms with E-state index in [1.165, 1.54) is 6.07 Å². The quantitative estimate of drug-likeness (QED) is 0.425. The fourth-order valence-electron chi connectivity index (χ4n) is 3.03. The van der Waals surface area contributed by atoms with Crippen LogP contribution in [0.5, 0.6) is 0 Å². The fraction of sp³-hybridized carbons (Fsp3) is 0.600. The second-order valence-electron chi connectivity index (χ2n) is 8.15. The fourth-order valence-corrected chi connectivity index (χ4v) is 3.03. The molecule has 0 spiro atoms. The van der Waals surface area contributed by atoms with E-state index in [1.807, 2.05) is 20.8 Å². The summed E-state index contributed by atoms with van der Waals surface area (Å²) >= 11 is 0. The summed E-state index contributed by atoms with van der Waals surface area (Å²) in [6.07, 6.45) is 1.20. The summed E-state index contributed by atoms with van der Waals surface area (Å²) in [7, 11) is 0. The summed E-state index contributed by atoms with van der Waals surface area (Å²) in [6.45, 7) is 7.93. The standard InChI is InChI=1S/C20H32FN5O3/c1-20(2,3)29-19(28)24-9-8-23-16-6-10-26(11-7-16)18(27)25-13-14-4-5-15(22)12-17(14)21/h4-5,12,16,23H,6-11,13,22H2,1-3H3,(H,24,28)(H,25,27). The van der Waals surface area contributed by atoms with E-state index < -0.39 is 17.5 Å². The summed E-state index contributed by atoms with van der Waals surface area (Å²) < 4.78 is 19.0. The van der Waals surface area contributed by atoms with Crippen LogP contribution in [0, 0.1) is 5.82 Å². The highest BCUT2D eigenvalue weighted by Crippen LogP contribution is 2.13. The van der Waals surface area contributed by atoms with E-state index in [1.54, 1.807) is 17.0 Å². The Balaban J connectivity index is 1.62. The zero-order valence-corrected chi connectivity index (χ0v) is 17.4. The summed E-state index contributed by atoms with van der Waals surface area (Å²) in [5.41, 5.74) is 5.78. The minimum atomic E-state index is -0.509. The van der Waals surface area contributed by atoms with E-state index in [0.29, 0.717) is 37.4 Å². The number of nitrogens with one attached hydrogen (secondary N) is 3. The molecule has 1 saturated heterocycles. The third kappa shape index (κ3) is 8.15. The summed E-state index contributed by atoms with van der Waals surface area (Å²) in [5.74, 6) is -0.423. The molecular weight excluding hydrogens is 377 g/mol. The summed E-state index contributed by atoms with van der Waals surface area (Å²) in [6, 6.07) is 4.52. The Labute approximate surface area is 171 Å². The highest BCUT2D eigenvalue weighted by molar-refractivity contribution is 5.74. The molecule has 9 heteroatoms. The van der Waals surface area contributed by atoms with Crippen molar-refractivity contribution in [3.63, 3.8) is 0 Å². The van der Waals surface area contributed by atoms with Gasteiger partial charge in [-0.1, -0.05) is 6.07 Å². The lowest BCUT2D eigenvalue weighted by Crippen LogP contribution is -2.49. The highest BCUT2D eigenvalue weighted by Gasteiger charge is 2.22. The Bertz CT molecular complexity index is 700. The van der Waals surface area contributed by atoms with Gasteiger partial charge < -0.3 is 31.3 Å². The number of alkyl carbamates (subject to hydrolysis) is 1. The zero-order chi connectivity index (χ0) is 21.4. The van der Waals surface area contributed by atoms with Crippen LogP contribution in [0.4, 0.5) is 19.7 Å². The molecule has 1 heterocycles. The first-order valence-electron chi connectivity index (χ1n) is 9.91. The molecule has 1 aromatic rings. The van der Waals surface area contributed by atoms with Crippen molar-refractivity contribution in [3.05, 3.63) is 29.6 Å². The normalized spacial score (nSPS) is 15.1. The summed E-state index contributed by atoms with van der Waals surface area (Å²) in [5, 5.41) is 8.84. The monoisotopic (exact) mass is 409 g/mol. The van der Waals surface area contributed by atoms with Crippen LogP contribution in [0.1, 0.15) is 39.2 Å². The molecule has 29 heavy (non-hydrogen) atoms. The van der Waals surface area contributed by atoms with Crippen LogP contribution < -0.4 is 21.7 Å². The van der Waals surface area contributed by atoms with E-state index in [9.17, 15) is 14.0 Å².